The van der Waals surface area contributed by atoms with Crippen LogP contribution in [0.15, 0.2) is 41.4 Å². The van der Waals surface area contributed by atoms with Crippen molar-refractivity contribution < 1.29 is 10.2 Å². The Morgan fingerprint density at radius 3 is 2.21 bits per heavy atom. The molecule has 0 saturated heterocycles. The number of aliphatic imine (C=N–C) groups is 1. The highest BCUT2D eigenvalue weighted by molar-refractivity contribution is 5.85. The average molecular weight is 397 g/mol. The summed E-state index contributed by atoms with van der Waals surface area (Å²) in [6.07, 6.45) is 1.79. The normalized spacial score (nSPS) is 12.8. The van der Waals surface area contributed by atoms with Crippen LogP contribution in [0.3, 0.4) is 0 Å². The lowest BCUT2D eigenvalue weighted by Gasteiger charge is -2.27. The Labute approximate surface area is 175 Å². The molecule has 0 heterocycles. The first-order valence-corrected chi connectivity index (χ1v) is 10.2. The minimum absolute atomic E-state index is 0.00576. The molecule has 2 aromatic rings. The van der Waals surface area contributed by atoms with Crippen molar-refractivity contribution in [2.45, 2.75) is 58.9 Å². The molecule has 0 saturated carbocycles. The molecule has 2 aromatic carbocycles. The SMILES string of the molecule is CN(CCN=Cc1cc(C(C)(C)C)cc(C(C)(C)C)c1O)Cc1ccccc1O. The third kappa shape index (κ3) is 6.33. The van der Waals surface area contributed by atoms with E-state index >= 15 is 0 Å². The smallest absolute Gasteiger partial charge is 0.128 e. The Morgan fingerprint density at radius 2 is 1.62 bits per heavy atom. The second kappa shape index (κ2) is 9.00. The molecule has 0 aliphatic carbocycles. The molecule has 0 amide bonds. The van der Waals surface area contributed by atoms with Crippen LogP contribution < -0.4 is 0 Å². The number of rotatable bonds is 6. The number of nitrogens with zero attached hydrogens (tertiary/aromatic N) is 2. The number of hydrogen-bond donors (Lipinski definition) is 2. The van der Waals surface area contributed by atoms with Crippen molar-refractivity contribution in [3.63, 3.8) is 0 Å². The lowest BCUT2D eigenvalue weighted by Crippen LogP contribution is -2.21. The predicted molar refractivity (Wildman–Crippen MR) is 122 cm³/mol. The van der Waals surface area contributed by atoms with E-state index in [0.29, 0.717) is 24.6 Å². The van der Waals surface area contributed by atoms with Crippen molar-refractivity contribution in [3.05, 3.63) is 58.7 Å². The van der Waals surface area contributed by atoms with Gasteiger partial charge in [-0.3, -0.25) is 4.99 Å². The van der Waals surface area contributed by atoms with Gasteiger partial charge in [-0.15, -0.1) is 0 Å². The van der Waals surface area contributed by atoms with Gasteiger partial charge in [0, 0.05) is 36.0 Å². The summed E-state index contributed by atoms with van der Waals surface area (Å²) in [6, 6.07) is 11.6. The zero-order valence-corrected chi connectivity index (χ0v) is 19.0. The van der Waals surface area contributed by atoms with E-state index in [2.05, 4.69) is 57.5 Å². The van der Waals surface area contributed by atoms with Crippen molar-refractivity contribution in [2.75, 3.05) is 20.1 Å². The number of likely N-dealkylation sites (N-methyl/N-ethyl adjacent to an activating group) is 1. The van der Waals surface area contributed by atoms with Crippen LogP contribution in [0.5, 0.6) is 11.5 Å². The molecule has 0 fully saturated rings. The van der Waals surface area contributed by atoms with E-state index in [1.807, 2.05) is 31.3 Å². The molecule has 0 aliphatic rings. The quantitative estimate of drug-likeness (QED) is 0.656. The fourth-order valence-electron chi connectivity index (χ4n) is 3.17. The van der Waals surface area contributed by atoms with E-state index in [0.717, 1.165) is 23.2 Å². The van der Waals surface area contributed by atoms with Gasteiger partial charge < -0.3 is 15.1 Å². The Kier molecular flexibility index (Phi) is 7.12. The van der Waals surface area contributed by atoms with Crippen LogP contribution in [0.4, 0.5) is 0 Å². The van der Waals surface area contributed by atoms with Gasteiger partial charge in [0.05, 0.1) is 6.54 Å². The monoisotopic (exact) mass is 396 g/mol. The molecule has 4 nitrogen and oxygen atoms in total. The van der Waals surface area contributed by atoms with Crippen LogP contribution in [0.2, 0.25) is 0 Å². The molecular weight excluding hydrogens is 360 g/mol. The van der Waals surface area contributed by atoms with Gasteiger partial charge in [0.2, 0.25) is 0 Å². The van der Waals surface area contributed by atoms with Crippen molar-refractivity contribution in [3.8, 4) is 11.5 Å². The number of para-hydroxylation sites is 1. The van der Waals surface area contributed by atoms with Gasteiger partial charge in [0.25, 0.3) is 0 Å². The third-order valence-corrected chi connectivity index (χ3v) is 5.09. The van der Waals surface area contributed by atoms with E-state index in [1.165, 1.54) is 5.56 Å². The van der Waals surface area contributed by atoms with Gasteiger partial charge in [-0.25, -0.2) is 0 Å². The number of phenols is 2. The molecule has 0 atom stereocenters. The summed E-state index contributed by atoms with van der Waals surface area (Å²) in [6.45, 7) is 14.9. The molecule has 0 spiro atoms. The van der Waals surface area contributed by atoms with Crippen molar-refractivity contribution in [2.24, 2.45) is 4.99 Å². The Balaban J connectivity index is 2.12. The van der Waals surface area contributed by atoms with Crippen LogP contribution in [0, 0.1) is 0 Å². The maximum Gasteiger partial charge on any atom is 0.128 e. The number of phenolic OH excluding ortho intramolecular Hbond substituents is 2. The van der Waals surface area contributed by atoms with Gasteiger partial charge >= 0.3 is 0 Å². The fraction of sp³-hybridized carbons (Fsp3) is 0.480. The molecule has 29 heavy (non-hydrogen) atoms. The van der Waals surface area contributed by atoms with Gasteiger partial charge in [0.1, 0.15) is 11.5 Å². The largest absolute Gasteiger partial charge is 0.508 e. The van der Waals surface area contributed by atoms with Crippen LogP contribution in [-0.4, -0.2) is 41.5 Å². The molecule has 158 valence electrons. The van der Waals surface area contributed by atoms with E-state index in [4.69, 9.17) is 0 Å². The van der Waals surface area contributed by atoms with Gasteiger partial charge in [-0.1, -0.05) is 65.8 Å². The van der Waals surface area contributed by atoms with Crippen molar-refractivity contribution in [1.82, 2.24) is 4.90 Å². The van der Waals surface area contributed by atoms with E-state index in [9.17, 15) is 10.2 Å². The van der Waals surface area contributed by atoms with Crippen LogP contribution in [0.25, 0.3) is 0 Å². The summed E-state index contributed by atoms with van der Waals surface area (Å²) >= 11 is 0. The van der Waals surface area contributed by atoms with E-state index in [1.54, 1.807) is 12.3 Å². The molecule has 2 N–H and O–H groups in total. The molecule has 4 heteroatoms. The van der Waals surface area contributed by atoms with Crippen LogP contribution in [-0.2, 0) is 17.4 Å². The summed E-state index contributed by atoms with van der Waals surface area (Å²) < 4.78 is 0. The molecule has 0 aliphatic heterocycles. The Bertz CT molecular complexity index is 858. The lowest BCUT2D eigenvalue weighted by molar-refractivity contribution is 0.329. The number of hydrogen-bond acceptors (Lipinski definition) is 4. The minimum atomic E-state index is -0.147. The first kappa shape index (κ1) is 23.0. The molecule has 2 rings (SSSR count). The summed E-state index contributed by atoms with van der Waals surface area (Å²) in [7, 11) is 2.01. The average Bonchev–Trinajstić information content (AvgIpc) is 2.60. The molecule has 0 bridgehead atoms. The highest BCUT2D eigenvalue weighted by Gasteiger charge is 2.24. The summed E-state index contributed by atoms with van der Waals surface area (Å²) in [5.74, 6) is 0.637. The minimum Gasteiger partial charge on any atom is -0.508 e. The first-order chi connectivity index (χ1) is 13.4. The summed E-state index contributed by atoms with van der Waals surface area (Å²) in [5, 5.41) is 20.7. The topological polar surface area (TPSA) is 56.1 Å². The third-order valence-electron chi connectivity index (χ3n) is 5.09. The van der Waals surface area contributed by atoms with E-state index < -0.39 is 0 Å². The molecule has 0 aromatic heterocycles. The predicted octanol–water partition coefficient (Wildman–Crippen LogP) is 5.24. The second-order valence-electron chi connectivity index (χ2n) is 9.86. The van der Waals surface area contributed by atoms with Crippen LogP contribution in [0.1, 0.15) is 63.8 Å². The van der Waals surface area contributed by atoms with Gasteiger partial charge in [-0.2, -0.15) is 0 Å². The second-order valence-corrected chi connectivity index (χ2v) is 9.86. The molecular formula is C25H36N2O2. The number of benzene rings is 2. The summed E-state index contributed by atoms with van der Waals surface area (Å²) in [4.78, 5) is 6.69. The standard InChI is InChI=1S/C25H36N2O2/c1-24(2,3)20-14-19(23(29)21(15-20)25(4,5)6)16-26-12-13-27(7)17-18-10-8-9-11-22(18)28/h8-11,14-16,28-29H,12-13,17H2,1-7H3. The van der Waals surface area contributed by atoms with Crippen molar-refractivity contribution >= 4 is 6.21 Å². The summed E-state index contributed by atoms with van der Waals surface area (Å²) in [5.41, 5.74) is 3.66. The fourth-order valence-corrected chi connectivity index (χ4v) is 3.17. The highest BCUT2D eigenvalue weighted by atomic mass is 16.3. The highest BCUT2D eigenvalue weighted by Crippen LogP contribution is 2.37. The number of aromatic hydroxyl groups is 2. The molecule has 0 radical (unpaired) electrons. The van der Waals surface area contributed by atoms with Gasteiger partial charge in [-0.05, 0) is 35.6 Å². The lowest BCUT2D eigenvalue weighted by atomic mass is 9.79. The van der Waals surface area contributed by atoms with Crippen molar-refractivity contribution in [1.29, 1.82) is 0 Å². The maximum absolute atomic E-state index is 10.8. The Hall–Kier alpha value is -2.33. The zero-order chi connectivity index (χ0) is 21.8. The van der Waals surface area contributed by atoms with Gasteiger partial charge in [0.15, 0.2) is 0 Å². The Morgan fingerprint density at radius 1 is 0.966 bits per heavy atom. The molecule has 0 unspecified atom stereocenters. The first-order valence-electron chi connectivity index (χ1n) is 10.2. The van der Waals surface area contributed by atoms with Crippen LogP contribution >= 0.6 is 0 Å². The zero-order valence-electron chi connectivity index (χ0n) is 19.0. The maximum atomic E-state index is 10.8. The van der Waals surface area contributed by atoms with E-state index in [-0.39, 0.29) is 10.8 Å².